The predicted octanol–water partition coefficient (Wildman–Crippen LogP) is 2.56. The standard InChI is InChI=1S/C24H30N2O5S2/c27-24(25-14-5-17-32(28,29)22-8-2-1-3-9-22)20-12-15-26(16-13-20)33(30,31)23-11-10-19-6-4-7-21(19)18-23/h1-3,8-11,18,20H,4-7,12-17H2,(H,25,27). The van der Waals surface area contributed by atoms with Crippen LogP contribution < -0.4 is 5.32 Å². The smallest absolute Gasteiger partial charge is 0.243 e. The Labute approximate surface area is 196 Å². The lowest BCUT2D eigenvalue weighted by atomic mass is 9.97. The van der Waals surface area contributed by atoms with Crippen molar-refractivity contribution in [3.8, 4) is 0 Å². The number of benzene rings is 2. The number of rotatable bonds is 8. The van der Waals surface area contributed by atoms with Crippen LogP contribution in [0.25, 0.3) is 0 Å². The molecule has 1 saturated heterocycles. The number of carbonyl (C=O) groups excluding carboxylic acids is 1. The number of nitrogens with zero attached hydrogens (tertiary/aromatic N) is 1. The molecule has 7 nitrogen and oxygen atoms in total. The van der Waals surface area contributed by atoms with E-state index in [0.717, 1.165) is 24.8 Å². The Balaban J connectivity index is 1.24. The normalized spacial score (nSPS) is 17.6. The van der Waals surface area contributed by atoms with Gasteiger partial charge in [0, 0.05) is 25.6 Å². The Bertz CT molecular complexity index is 1200. The van der Waals surface area contributed by atoms with Crippen molar-refractivity contribution in [2.45, 2.75) is 48.3 Å². The van der Waals surface area contributed by atoms with E-state index in [1.165, 1.54) is 9.87 Å². The van der Waals surface area contributed by atoms with Crippen LogP contribution in [-0.4, -0.2) is 52.4 Å². The topological polar surface area (TPSA) is 101 Å². The Morgan fingerprint density at radius 1 is 0.909 bits per heavy atom. The van der Waals surface area contributed by atoms with Gasteiger partial charge < -0.3 is 5.32 Å². The van der Waals surface area contributed by atoms with E-state index in [-0.39, 0.29) is 29.0 Å². The van der Waals surface area contributed by atoms with E-state index in [0.29, 0.717) is 37.2 Å². The van der Waals surface area contributed by atoms with Crippen molar-refractivity contribution in [1.82, 2.24) is 9.62 Å². The Morgan fingerprint density at radius 3 is 2.33 bits per heavy atom. The number of aryl methyl sites for hydroxylation is 2. The maximum absolute atomic E-state index is 13.1. The highest BCUT2D eigenvalue weighted by Gasteiger charge is 2.32. The molecule has 0 aromatic heterocycles. The molecule has 0 atom stereocenters. The molecule has 0 saturated carbocycles. The van der Waals surface area contributed by atoms with Crippen LogP contribution in [0.1, 0.15) is 36.8 Å². The molecule has 0 unspecified atom stereocenters. The average molecular weight is 491 g/mol. The maximum atomic E-state index is 13.1. The van der Waals surface area contributed by atoms with Gasteiger partial charge in [-0.3, -0.25) is 4.79 Å². The average Bonchev–Trinajstić information content (AvgIpc) is 3.30. The first-order valence-electron chi connectivity index (χ1n) is 11.4. The van der Waals surface area contributed by atoms with Crippen LogP contribution in [0.15, 0.2) is 58.3 Å². The summed E-state index contributed by atoms with van der Waals surface area (Å²) in [6.07, 6.45) is 4.24. The predicted molar refractivity (Wildman–Crippen MR) is 126 cm³/mol. The second-order valence-corrected chi connectivity index (χ2v) is 12.8. The van der Waals surface area contributed by atoms with Crippen LogP contribution in [0.2, 0.25) is 0 Å². The summed E-state index contributed by atoms with van der Waals surface area (Å²) in [7, 11) is -6.92. The van der Waals surface area contributed by atoms with Gasteiger partial charge in [-0.25, -0.2) is 16.8 Å². The summed E-state index contributed by atoms with van der Waals surface area (Å²) in [5.41, 5.74) is 2.36. The highest BCUT2D eigenvalue weighted by atomic mass is 32.2. The summed E-state index contributed by atoms with van der Waals surface area (Å²) >= 11 is 0. The second kappa shape index (κ2) is 9.95. The van der Waals surface area contributed by atoms with Gasteiger partial charge >= 0.3 is 0 Å². The van der Waals surface area contributed by atoms with Crippen molar-refractivity contribution in [2.75, 3.05) is 25.4 Å². The maximum Gasteiger partial charge on any atom is 0.243 e. The number of fused-ring (bicyclic) bond motifs is 1. The molecule has 1 N–H and O–H groups in total. The van der Waals surface area contributed by atoms with E-state index < -0.39 is 19.9 Å². The molecule has 178 valence electrons. The Kier molecular flexibility index (Phi) is 7.21. The van der Waals surface area contributed by atoms with Crippen LogP contribution in [0.3, 0.4) is 0 Å². The van der Waals surface area contributed by atoms with Crippen molar-refractivity contribution in [1.29, 1.82) is 0 Å². The molecule has 2 aliphatic rings. The minimum Gasteiger partial charge on any atom is -0.356 e. The van der Waals surface area contributed by atoms with Gasteiger partial charge in [0.25, 0.3) is 0 Å². The van der Waals surface area contributed by atoms with Crippen molar-refractivity contribution < 1.29 is 21.6 Å². The summed E-state index contributed by atoms with van der Waals surface area (Å²) in [6.45, 7) is 0.887. The number of nitrogens with one attached hydrogen (secondary N) is 1. The van der Waals surface area contributed by atoms with Crippen LogP contribution in [0, 0.1) is 5.92 Å². The molecular weight excluding hydrogens is 460 g/mol. The van der Waals surface area contributed by atoms with Crippen LogP contribution in [0.4, 0.5) is 0 Å². The fourth-order valence-corrected chi connectivity index (χ4v) is 7.43. The van der Waals surface area contributed by atoms with Gasteiger partial charge in [-0.15, -0.1) is 0 Å². The molecule has 0 radical (unpaired) electrons. The summed E-state index contributed by atoms with van der Waals surface area (Å²) in [5, 5.41) is 2.82. The first kappa shape index (κ1) is 23.9. The number of piperidine rings is 1. The van der Waals surface area contributed by atoms with Crippen molar-refractivity contribution in [3.63, 3.8) is 0 Å². The van der Waals surface area contributed by atoms with Crippen LogP contribution >= 0.6 is 0 Å². The van der Waals surface area contributed by atoms with E-state index in [1.54, 1.807) is 42.5 Å². The number of amides is 1. The van der Waals surface area contributed by atoms with E-state index in [2.05, 4.69) is 5.32 Å². The van der Waals surface area contributed by atoms with Gasteiger partial charge in [0.1, 0.15) is 0 Å². The molecule has 1 fully saturated rings. The zero-order valence-electron chi connectivity index (χ0n) is 18.6. The number of sulfone groups is 1. The van der Waals surface area contributed by atoms with E-state index in [9.17, 15) is 21.6 Å². The third kappa shape index (κ3) is 5.47. The lowest BCUT2D eigenvalue weighted by Crippen LogP contribution is -2.43. The van der Waals surface area contributed by atoms with Gasteiger partial charge in [-0.05, 0) is 73.9 Å². The van der Waals surface area contributed by atoms with E-state index in [4.69, 9.17) is 0 Å². The monoisotopic (exact) mass is 490 g/mol. The number of carbonyl (C=O) groups is 1. The van der Waals surface area contributed by atoms with Crippen molar-refractivity contribution >= 4 is 25.8 Å². The molecule has 1 aliphatic heterocycles. The summed E-state index contributed by atoms with van der Waals surface area (Å²) in [6, 6.07) is 13.7. The minimum absolute atomic E-state index is 0.0330. The van der Waals surface area contributed by atoms with Gasteiger partial charge in [-0.2, -0.15) is 4.31 Å². The third-order valence-electron chi connectivity index (χ3n) is 6.52. The van der Waals surface area contributed by atoms with Gasteiger partial charge in [0.05, 0.1) is 15.5 Å². The van der Waals surface area contributed by atoms with Crippen molar-refractivity contribution in [2.24, 2.45) is 5.92 Å². The molecule has 1 aliphatic carbocycles. The van der Waals surface area contributed by atoms with E-state index >= 15 is 0 Å². The quantitative estimate of drug-likeness (QED) is 0.573. The first-order valence-corrected chi connectivity index (χ1v) is 14.5. The lowest BCUT2D eigenvalue weighted by molar-refractivity contribution is -0.126. The Hall–Kier alpha value is -2.23. The lowest BCUT2D eigenvalue weighted by Gasteiger charge is -2.30. The fraction of sp³-hybridized carbons (Fsp3) is 0.458. The number of sulfonamides is 1. The third-order valence-corrected chi connectivity index (χ3v) is 10.2. The summed E-state index contributed by atoms with van der Waals surface area (Å²) in [5.74, 6) is -0.432. The van der Waals surface area contributed by atoms with Crippen LogP contribution in [0.5, 0.6) is 0 Å². The molecule has 1 amide bonds. The minimum atomic E-state index is -3.56. The number of hydrogen-bond acceptors (Lipinski definition) is 5. The SMILES string of the molecule is O=C(NCCCS(=O)(=O)c1ccccc1)C1CCN(S(=O)(=O)c2ccc3c(c2)CCC3)CC1. The van der Waals surface area contributed by atoms with Crippen molar-refractivity contribution in [3.05, 3.63) is 59.7 Å². The molecule has 1 heterocycles. The second-order valence-electron chi connectivity index (χ2n) is 8.74. The van der Waals surface area contributed by atoms with Gasteiger partial charge in [0.15, 0.2) is 9.84 Å². The molecule has 4 rings (SSSR count). The zero-order chi connectivity index (χ0) is 23.5. The number of hydrogen-bond donors (Lipinski definition) is 1. The Morgan fingerprint density at radius 2 is 1.61 bits per heavy atom. The summed E-state index contributed by atoms with van der Waals surface area (Å²) < 4.78 is 52.2. The first-order chi connectivity index (χ1) is 15.8. The molecule has 2 aromatic rings. The molecule has 2 aromatic carbocycles. The van der Waals surface area contributed by atoms with Crippen LogP contribution in [-0.2, 0) is 37.5 Å². The molecule has 0 spiro atoms. The summed E-state index contributed by atoms with van der Waals surface area (Å²) in [4.78, 5) is 13.1. The molecular formula is C24H30N2O5S2. The highest BCUT2D eigenvalue weighted by molar-refractivity contribution is 7.91. The molecule has 33 heavy (non-hydrogen) atoms. The van der Waals surface area contributed by atoms with E-state index in [1.807, 2.05) is 6.07 Å². The largest absolute Gasteiger partial charge is 0.356 e. The molecule has 9 heteroatoms. The molecule has 0 bridgehead atoms. The van der Waals surface area contributed by atoms with Gasteiger partial charge in [0.2, 0.25) is 15.9 Å². The highest BCUT2D eigenvalue weighted by Crippen LogP contribution is 2.28. The fourth-order valence-electron chi connectivity index (χ4n) is 4.58. The zero-order valence-corrected chi connectivity index (χ0v) is 20.2. The van der Waals surface area contributed by atoms with Gasteiger partial charge in [-0.1, -0.05) is 24.3 Å².